The van der Waals surface area contributed by atoms with Crippen LogP contribution >= 0.6 is 0 Å². The van der Waals surface area contributed by atoms with Crippen molar-refractivity contribution in [3.63, 3.8) is 0 Å². The van der Waals surface area contributed by atoms with Crippen LogP contribution in [0.25, 0.3) is 0 Å². The van der Waals surface area contributed by atoms with E-state index in [4.69, 9.17) is 0 Å². The van der Waals surface area contributed by atoms with Gasteiger partial charge in [0.15, 0.2) is 0 Å². The Labute approximate surface area is 202 Å². The zero-order valence-corrected chi connectivity index (χ0v) is 20.9. The number of hydrogen-bond acceptors (Lipinski definition) is 2. The Hall–Kier alpha value is -2.29. The predicted octanol–water partition coefficient (Wildman–Crippen LogP) is 9.12. The van der Waals surface area contributed by atoms with Crippen LogP contribution in [-0.2, 0) is 4.79 Å². The van der Waals surface area contributed by atoms with Crippen molar-refractivity contribution >= 4 is 17.3 Å². The molecule has 0 fully saturated rings. The smallest absolute Gasteiger partial charge is 0.238 e. The molecule has 0 aromatic heterocycles. The van der Waals surface area contributed by atoms with Crippen LogP contribution in [0.5, 0.6) is 0 Å². The third kappa shape index (κ3) is 12.5. The fourth-order valence-corrected chi connectivity index (χ4v) is 4.27. The lowest BCUT2D eigenvalue weighted by molar-refractivity contribution is -0.121. The molecular formula is C30H46N2O. The molecule has 0 saturated carbocycles. The second kappa shape index (κ2) is 18.2. The second-order valence-electron chi connectivity index (χ2n) is 9.24. The molecule has 3 heteroatoms. The Kier molecular flexibility index (Phi) is 14.8. The first-order valence-corrected chi connectivity index (χ1v) is 13.5. The van der Waals surface area contributed by atoms with E-state index >= 15 is 0 Å². The van der Waals surface area contributed by atoms with Gasteiger partial charge in [0.1, 0.15) is 0 Å². The molecule has 2 aromatic rings. The summed E-state index contributed by atoms with van der Waals surface area (Å²) in [5.41, 5.74) is 5.03. The summed E-state index contributed by atoms with van der Waals surface area (Å²) in [7, 11) is 0. The van der Waals surface area contributed by atoms with Gasteiger partial charge in [-0.05, 0) is 30.7 Å². The number of rotatable bonds is 19. The number of benzene rings is 2. The highest BCUT2D eigenvalue weighted by atomic mass is 16.2. The number of nitrogens with one attached hydrogen (secondary N) is 1. The highest BCUT2D eigenvalue weighted by Crippen LogP contribution is 2.22. The summed E-state index contributed by atoms with van der Waals surface area (Å²) in [4.78, 5) is 12.6. The number of amides is 1. The number of hydrazine groups is 1. The lowest BCUT2D eigenvalue weighted by atomic mass is 10.0. The van der Waals surface area contributed by atoms with Gasteiger partial charge in [-0.2, -0.15) is 0 Å². The van der Waals surface area contributed by atoms with Gasteiger partial charge in [0.05, 0.1) is 11.4 Å². The molecule has 0 bridgehead atoms. The summed E-state index contributed by atoms with van der Waals surface area (Å²) in [6.45, 7) is 2.28. The van der Waals surface area contributed by atoms with E-state index in [0.29, 0.717) is 6.42 Å². The molecule has 1 N–H and O–H groups in total. The monoisotopic (exact) mass is 450 g/mol. The van der Waals surface area contributed by atoms with Crippen molar-refractivity contribution in [2.75, 3.05) is 5.01 Å². The topological polar surface area (TPSA) is 32.3 Å². The van der Waals surface area contributed by atoms with E-state index in [1.54, 1.807) is 0 Å². The number of anilines is 2. The summed E-state index contributed by atoms with van der Waals surface area (Å²) >= 11 is 0. The zero-order valence-electron chi connectivity index (χ0n) is 20.9. The van der Waals surface area contributed by atoms with Crippen LogP contribution in [0.15, 0.2) is 60.7 Å². The normalized spacial score (nSPS) is 10.8. The van der Waals surface area contributed by atoms with Crippen molar-refractivity contribution in [2.24, 2.45) is 0 Å². The maximum Gasteiger partial charge on any atom is 0.238 e. The van der Waals surface area contributed by atoms with Gasteiger partial charge in [0.25, 0.3) is 0 Å². The van der Waals surface area contributed by atoms with Crippen LogP contribution in [-0.4, -0.2) is 5.91 Å². The molecule has 0 saturated heterocycles. The number of nitrogens with zero attached hydrogens (tertiary/aromatic N) is 1. The third-order valence-corrected chi connectivity index (χ3v) is 6.27. The molecule has 0 aliphatic carbocycles. The molecule has 0 aliphatic heterocycles. The van der Waals surface area contributed by atoms with E-state index in [9.17, 15) is 4.79 Å². The fourth-order valence-electron chi connectivity index (χ4n) is 4.27. The molecule has 0 unspecified atom stereocenters. The molecule has 33 heavy (non-hydrogen) atoms. The van der Waals surface area contributed by atoms with Crippen molar-refractivity contribution in [3.05, 3.63) is 60.7 Å². The van der Waals surface area contributed by atoms with Gasteiger partial charge in [-0.15, -0.1) is 0 Å². The molecule has 182 valence electrons. The minimum atomic E-state index is 0.0809. The molecule has 0 spiro atoms. The van der Waals surface area contributed by atoms with Crippen LogP contribution < -0.4 is 10.4 Å². The Balaban J connectivity index is 1.50. The zero-order chi connectivity index (χ0) is 23.4. The van der Waals surface area contributed by atoms with Gasteiger partial charge in [-0.25, -0.2) is 0 Å². The van der Waals surface area contributed by atoms with Crippen molar-refractivity contribution in [2.45, 2.75) is 110 Å². The van der Waals surface area contributed by atoms with Gasteiger partial charge < -0.3 is 0 Å². The maximum atomic E-state index is 12.6. The fraction of sp³-hybridized carbons (Fsp3) is 0.567. The van der Waals surface area contributed by atoms with Gasteiger partial charge >= 0.3 is 0 Å². The summed E-state index contributed by atoms with van der Waals surface area (Å²) < 4.78 is 0. The first-order valence-electron chi connectivity index (χ1n) is 13.5. The Morgan fingerprint density at radius 2 is 0.939 bits per heavy atom. The SMILES string of the molecule is CCCCCCCCCCCCCCCCCC(=O)NN(c1ccccc1)c1ccccc1. The van der Waals surface area contributed by atoms with E-state index in [1.165, 1.54) is 83.5 Å². The molecule has 0 heterocycles. The number of para-hydroxylation sites is 2. The molecule has 0 aliphatic rings. The van der Waals surface area contributed by atoms with Gasteiger partial charge in [0, 0.05) is 6.42 Å². The maximum absolute atomic E-state index is 12.6. The quantitative estimate of drug-likeness (QED) is 0.171. The second-order valence-corrected chi connectivity index (χ2v) is 9.24. The molecule has 0 atom stereocenters. The number of hydrogen-bond donors (Lipinski definition) is 1. The van der Waals surface area contributed by atoms with Crippen LogP contribution in [0.2, 0.25) is 0 Å². The number of unbranched alkanes of at least 4 members (excludes halogenated alkanes) is 14. The van der Waals surface area contributed by atoms with Gasteiger partial charge in [-0.3, -0.25) is 15.2 Å². The average Bonchev–Trinajstić information content (AvgIpc) is 2.86. The number of carbonyl (C=O) groups is 1. The molecule has 1 amide bonds. The van der Waals surface area contributed by atoms with Crippen molar-refractivity contribution < 1.29 is 4.79 Å². The molecule has 2 rings (SSSR count). The van der Waals surface area contributed by atoms with E-state index in [1.807, 2.05) is 65.7 Å². The van der Waals surface area contributed by atoms with Crippen molar-refractivity contribution in [3.8, 4) is 0 Å². The Bertz CT molecular complexity index is 677. The minimum Gasteiger partial charge on any atom is -0.273 e. The van der Waals surface area contributed by atoms with Crippen LogP contribution in [0.4, 0.5) is 11.4 Å². The highest BCUT2D eigenvalue weighted by Gasteiger charge is 2.12. The average molecular weight is 451 g/mol. The van der Waals surface area contributed by atoms with Gasteiger partial charge in [-0.1, -0.05) is 133 Å². The van der Waals surface area contributed by atoms with Crippen molar-refractivity contribution in [1.82, 2.24) is 5.43 Å². The minimum absolute atomic E-state index is 0.0809. The van der Waals surface area contributed by atoms with E-state index in [2.05, 4.69) is 12.3 Å². The van der Waals surface area contributed by atoms with E-state index in [0.717, 1.165) is 24.2 Å². The van der Waals surface area contributed by atoms with Crippen LogP contribution in [0.1, 0.15) is 110 Å². The van der Waals surface area contributed by atoms with E-state index < -0.39 is 0 Å². The first-order chi connectivity index (χ1) is 16.3. The largest absolute Gasteiger partial charge is 0.273 e. The summed E-state index contributed by atoms with van der Waals surface area (Å²) in [6.07, 6.45) is 20.6. The van der Waals surface area contributed by atoms with Crippen LogP contribution in [0, 0.1) is 0 Å². The van der Waals surface area contributed by atoms with Crippen LogP contribution in [0.3, 0.4) is 0 Å². The summed E-state index contributed by atoms with van der Waals surface area (Å²) in [6, 6.07) is 20.0. The lowest BCUT2D eigenvalue weighted by Crippen LogP contribution is -2.38. The number of carbonyl (C=O) groups excluding carboxylic acids is 1. The standard InChI is InChI=1S/C30H46N2O/c1-2-3-4-5-6-7-8-9-10-11-12-13-14-15-22-27-30(33)31-32(28-23-18-16-19-24-28)29-25-20-17-21-26-29/h16-21,23-26H,2-15,22,27H2,1H3,(H,31,33). The third-order valence-electron chi connectivity index (χ3n) is 6.27. The molecule has 3 nitrogen and oxygen atoms in total. The Morgan fingerprint density at radius 3 is 1.33 bits per heavy atom. The van der Waals surface area contributed by atoms with Crippen molar-refractivity contribution in [1.29, 1.82) is 0 Å². The molecule has 2 aromatic carbocycles. The Morgan fingerprint density at radius 1 is 0.576 bits per heavy atom. The first kappa shape index (κ1) is 27.0. The summed E-state index contributed by atoms with van der Waals surface area (Å²) in [5, 5.41) is 1.88. The molecule has 0 radical (unpaired) electrons. The highest BCUT2D eigenvalue weighted by molar-refractivity contribution is 5.80. The molecular weight excluding hydrogens is 404 g/mol. The predicted molar refractivity (Wildman–Crippen MR) is 143 cm³/mol. The van der Waals surface area contributed by atoms with E-state index in [-0.39, 0.29) is 5.91 Å². The lowest BCUT2D eigenvalue weighted by Gasteiger charge is -2.25. The summed E-state index contributed by atoms with van der Waals surface area (Å²) in [5.74, 6) is 0.0809. The van der Waals surface area contributed by atoms with Gasteiger partial charge in [0.2, 0.25) is 5.91 Å².